The molecule has 3 rings (SSSR count). The normalized spacial score (nSPS) is 11.0. The highest BCUT2D eigenvalue weighted by Crippen LogP contribution is 2.20. The Morgan fingerprint density at radius 3 is 2.68 bits per heavy atom. The zero-order valence-electron chi connectivity index (χ0n) is 15.5. The van der Waals surface area contributed by atoms with E-state index in [1.807, 2.05) is 0 Å². The maximum absolute atomic E-state index is 14.2. The van der Waals surface area contributed by atoms with Gasteiger partial charge in [-0.15, -0.1) is 0 Å². The van der Waals surface area contributed by atoms with Crippen LogP contribution in [0.3, 0.4) is 0 Å². The molecule has 0 aliphatic rings. The van der Waals surface area contributed by atoms with E-state index in [0.717, 1.165) is 9.13 Å². The van der Waals surface area contributed by atoms with E-state index in [1.54, 1.807) is 13.8 Å². The highest BCUT2D eigenvalue weighted by atomic mass is 35.5. The third kappa shape index (κ3) is 3.31. The minimum atomic E-state index is -0.770. The van der Waals surface area contributed by atoms with Crippen LogP contribution in [-0.4, -0.2) is 26.7 Å². The molecule has 0 aliphatic carbocycles. The van der Waals surface area contributed by atoms with Gasteiger partial charge in [-0.3, -0.25) is 13.9 Å². The van der Waals surface area contributed by atoms with Crippen LogP contribution in [-0.2, 0) is 18.3 Å². The van der Waals surface area contributed by atoms with Crippen LogP contribution in [0, 0.1) is 12.7 Å². The number of aryl methyl sites for hydroxylation is 2. The zero-order chi connectivity index (χ0) is 20.6. The first-order valence-electron chi connectivity index (χ1n) is 8.47. The topological polar surface area (TPSA) is 83.2 Å². The second kappa shape index (κ2) is 7.55. The van der Waals surface area contributed by atoms with Crippen molar-refractivity contribution in [2.75, 3.05) is 6.61 Å². The van der Waals surface area contributed by atoms with E-state index in [9.17, 15) is 18.8 Å². The second-order valence-electron chi connectivity index (χ2n) is 6.16. The fraction of sp³-hybridized carbons (Fsp3) is 0.263. The molecule has 0 saturated heterocycles. The molecule has 0 spiro atoms. The van der Waals surface area contributed by atoms with Gasteiger partial charge in [-0.25, -0.2) is 19.0 Å². The molecule has 9 heteroatoms. The lowest BCUT2D eigenvalue weighted by Gasteiger charge is -2.14. The Bertz CT molecular complexity index is 1200. The molecule has 0 bridgehead atoms. The summed E-state index contributed by atoms with van der Waals surface area (Å²) >= 11 is 6.04. The first-order chi connectivity index (χ1) is 13.3. The summed E-state index contributed by atoms with van der Waals surface area (Å²) in [5, 5.41) is 0.0142. The SMILES string of the molecule is CCOC(=O)c1cc(C)nc2c1c(=O)n(Cc1c(F)cccc1Cl)c(=O)n2C. The number of pyridine rings is 1. The predicted octanol–water partition coefficient (Wildman–Crippen LogP) is 2.42. The molecule has 0 radical (unpaired) electrons. The van der Waals surface area contributed by atoms with Crippen LogP contribution >= 0.6 is 11.6 Å². The molecule has 146 valence electrons. The summed E-state index contributed by atoms with van der Waals surface area (Å²) in [4.78, 5) is 42.5. The van der Waals surface area contributed by atoms with Crippen molar-refractivity contribution in [3.63, 3.8) is 0 Å². The molecule has 0 atom stereocenters. The zero-order valence-corrected chi connectivity index (χ0v) is 16.2. The van der Waals surface area contributed by atoms with Crippen LogP contribution in [0.25, 0.3) is 11.0 Å². The summed E-state index contributed by atoms with van der Waals surface area (Å²) < 4.78 is 21.2. The molecule has 0 fully saturated rings. The lowest BCUT2D eigenvalue weighted by Crippen LogP contribution is -2.40. The van der Waals surface area contributed by atoms with Crippen LogP contribution in [0.15, 0.2) is 33.9 Å². The molecule has 0 N–H and O–H groups in total. The van der Waals surface area contributed by atoms with Gasteiger partial charge in [0.05, 0.1) is 24.1 Å². The van der Waals surface area contributed by atoms with Gasteiger partial charge in [0.15, 0.2) is 0 Å². The second-order valence-corrected chi connectivity index (χ2v) is 6.57. The Labute approximate surface area is 164 Å². The summed E-state index contributed by atoms with van der Waals surface area (Å²) in [6.07, 6.45) is 0. The van der Waals surface area contributed by atoms with Crippen LogP contribution < -0.4 is 11.2 Å². The molecule has 0 aliphatic heterocycles. The number of carbonyl (C=O) groups excluding carboxylic acids is 1. The van der Waals surface area contributed by atoms with Crippen molar-refractivity contribution >= 4 is 28.6 Å². The van der Waals surface area contributed by atoms with E-state index in [4.69, 9.17) is 16.3 Å². The number of fused-ring (bicyclic) bond motifs is 1. The lowest BCUT2D eigenvalue weighted by molar-refractivity contribution is 0.0528. The molecule has 0 unspecified atom stereocenters. The molecule has 28 heavy (non-hydrogen) atoms. The highest BCUT2D eigenvalue weighted by molar-refractivity contribution is 6.31. The van der Waals surface area contributed by atoms with E-state index in [1.165, 1.54) is 31.3 Å². The lowest BCUT2D eigenvalue weighted by atomic mass is 10.1. The standard InChI is InChI=1S/C19H17ClFN3O4/c1-4-28-18(26)11-8-10(2)22-16-15(11)17(25)24(19(27)23(16)3)9-12-13(20)6-5-7-14(12)21/h5-8H,4,9H2,1-3H3. The van der Waals surface area contributed by atoms with E-state index < -0.39 is 23.0 Å². The van der Waals surface area contributed by atoms with Crippen molar-refractivity contribution in [1.82, 2.24) is 14.1 Å². The Morgan fingerprint density at radius 1 is 1.32 bits per heavy atom. The number of carbonyl (C=O) groups is 1. The van der Waals surface area contributed by atoms with Gasteiger partial charge in [0.1, 0.15) is 11.5 Å². The van der Waals surface area contributed by atoms with Crippen molar-refractivity contribution in [3.05, 3.63) is 72.8 Å². The van der Waals surface area contributed by atoms with Crippen molar-refractivity contribution in [1.29, 1.82) is 0 Å². The van der Waals surface area contributed by atoms with E-state index in [2.05, 4.69) is 4.98 Å². The fourth-order valence-electron chi connectivity index (χ4n) is 2.95. The highest BCUT2D eigenvalue weighted by Gasteiger charge is 2.22. The summed E-state index contributed by atoms with van der Waals surface area (Å²) in [6, 6.07) is 5.50. The maximum Gasteiger partial charge on any atom is 0.339 e. The van der Waals surface area contributed by atoms with E-state index >= 15 is 0 Å². The average Bonchev–Trinajstić information content (AvgIpc) is 2.65. The predicted molar refractivity (Wildman–Crippen MR) is 102 cm³/mol. The molecule has 7 nitrogen and oxygen atoms in total. The Balaban J connectivity index is 2.36. The quantitative estimate of drug-likeness (QED) is 0.622. The molecule has 1 aromatic carbocycles. The summed E-state index contributed by atoms with van der Waals surface area (Å²) in [7, 11) is 1.42. The Morgan fingerprint density at radius 2 is 2.04 bits per heavy atom. The van der Waals surface area contributed by atoms with Crippen LogP contribution in [0.5, 0.6) is 0 Å². The van der Waals surface area contributed by atoms with Gasteiger partial charge < -0.3 is 4.74 Å². The van der Waals surface area contributed by atoms with Gasteiger partial charge in [-0.1, -0.05) is 17.7 Å². The van der Waals surface area contributed by atoms with Crippen molar-refractivity contribution in [2.24, 2.45) is 7.05 Å². The van der Waals surface area contributed by atoms with Crippen LogP contribution in [0.4, 0.5) is 4.39 Å². The van der Waals surface area contributed by atoms with Gasteiger partial charge in [0.2, 0.25) is 0 Å². The van der Waals surface area contributed by atoms with E-state index in [0.29, 0.717) is 5.69 Å². The van der Waals surface area contributed by atoms with Crippen molar-refractivity contribution in [3.8, 4) is 0 Å². The monoisotopic (exact) mass is 405 g/mol. The minimum absolute atomic E-state index is 0.000437. The minimum Gasteiger partial charge on any atom is -0.462 e. The summed E-state index contributed by atoms with van der Waals surface area (Å²) in [6.45, 7) is 3.01. The van der Waals surface area contributed by atoms with Crippen molar-refractivity contribution in [2.45, 2.75) is 20.4 Å². The third-order valence-corrected chi connectivity index (χ3v) is 4.65. The molecule has 2 aromatic heterocycles. The van der Waals surface area contributed by atoms with Gasteiger partial charge in [0, 0.05) is 23.3 Å². The molecule has 0 amide bonds. The third-order valence-electron chi connectivity index (χ3n) is 4.30. The van der Waals surface area contributed by atoms with Gasteiger partial charge in [0.25, 0.3) is 5.56 Å². The first kappa shape index (κ1) is 19.8. The molecule has 3 aromatic rings. The number of ether oxygens (including phenoxy) is 1. The van der Waals surface area contributed by atoms with Gasteiger partial charge in [-0.2, -0.15) is 0 Å². The number of halogens is 2. The largest absolute Gasteiger partial charge is 0.462 e. The van der Waals surface area contributed by atoms with E-state index in [-0.39, 0.29) is 40.3 Å². The first-order valence-corrected chi connectivity index (χ1v) is 8.85. The summed E-state index contributed by atoms with van der Waals surface area (Å²) in [5.74, 6) is -1.35. The number of nitrogens with zero attached hydrogens (tertiary/aromatic N) is 3. The fourth-order valence-corrected chi connectivity index (χ4v) is 3.18. The Kier molecular flexibility index (Phi) is 5.33. The van der Waals surface area contributed by atoms with Gasteiger partial charge >= 0.3 is 11.7 Å². The van der Waals surface area contributed by atoms with Gasteiger partial charge in [-0.05, 0) is 32.0 Å². The number of esters is 1. The average molecular weight is 406 g/mol. The number of benzene rings is 1. The number of aromatic nitrogens is 3. The number of hydrogen-bond acceptors (Lipinski definition) is 5. The Hall–Kier alpha value is -3.00. The van der Waals surface area contributed by atoms with Crippen LogP contribution in [0.2, 0.25) is 5.02 Å². The molecule has 2 heterocycles. The van der Waals surface area contributed by atoms with Crippen molar-refractivity contribution < 1.29 is 13.9 Å². The smallest absolute Gasteiger partial charge is 0.339 e. The van der Waals surface area contributed by atoms with Crippen LogP contribution in [0.1, 0.15) is 28.5 Å². The number of rotatable bonds is 4. The number of hydrogen-bond donors (Lipinski definition) is 0. The maximum atomic E-state index is 14.2. The summed E-state index contributed by atoms with van der Waals surface area (Å²) in [5.41, 5.74) is -0.981. The molecule has 0 saturated carbocycles. The molecular formula is C19H17ClFN3O4. The molecular weight excluding hydrogens is 389 g/mol.